The zero-order chi connectivity index (χ0) is 23.7. The first-order valence-electron chi connectivity index (χ1n) is 10.8. The van der Waals surface area contributed by atoms with Gasteiger partial charge in [-0.05, 0) is 12.8 Å². The van der Waals surface area contributed by atoms with Gasteiger partial charge in [0.1, 0.15) is 18.0 Å². The van der Waals surface area contributed by atoms with Crippen molar-refractivity contribution in [2.45, 2.75) is 18.9 Å². The number of fused-ring (bicyclic) bond motifs is 1. The van der Waals surface area contributed by atoms with Gasteiger partial charge in [0.05, 0.1) is 57.4 Å². The Bertz CT molecular complexity index is 1280. The first-order valence-corrected chi connectivity index (χ1v) is 10.8. The Kier molecular flexibility index (Phi) is 5.80. The molecule has 0 aliphatic carbocycles. The van der Waals surface area contributed by atoms with E-state index in [0.717, 1.165) is 30.5 Å². The van der Waals surface area contributed by atoms with Crippen LogP contribution in [0, 0.1) is 0 Å². The molecular formula is C22H26N8O4. The number of aromatic amines is 1. The summed E-state index contributed by atoms with van der Waals surface area (Å²) in [6, 6.07) is 3.69. The van der Waals surface area contributed by atoms with Crippen LogP contribution >= 0.6 is 0 Å². The van der Waals surface area contributed by atoms with Crippen LogP contribution in [0.25, 0.3) is 16.7 Å². The third-order valence-electron chi connectivity index (χ3n) is 5.92. The average Bonchev–Trinajstić information content (AvgIpc) is 3.63. The summed E-state index contributed by atoms with van der Waals surface area (Å²) in [5, 5.41) is 20.8. The molecule has 1 saturated heterocycles. The van der Waals surface area contributed by atoms with Crippen LogP contribution in [0.1, 0.15) is 12.8 Å². The molecule has 12 heteroatoms. The standard InChI is InChI=1S/C22H26N8O4/c1-32-16-7-14(8-17(33-2)19(16)34-3)29-10-18(23-12-29)25-20-15-9-24-28-21(15)27-22(26-20)30-6-4-5-13(30)11-31/h7-10,12-13,31H,4-6,11H2,1-3H3,(H2,24,25,26,27,28). The second kappa shape index (κ2) is 9.06. The molecule has 0 spiro atoms. The maximum Gasteiger partial charge on any atom is 0.229 e. The predicted molar refractivity (Wildman–Crippen MR) is 126 cm³/mol. The largest absolute Gasteiger partial charge is 0.493 e. The van der Waals surface area contributed by atoms with Gasteiger partial charge in [0.2, 0.25) is 11.7 Å². The lowest BCUT2D eigenvalue weighted by atomic mass is 10.2. The lowest BCUT2D eigenvalue weighted by Gasteiger charge is -2.23. The highest BCUT2D eigenvalue weighted by Gasteiger charge is 2.27. The first kappa shape index (κ1) is 21.8. The second-order valence-corrected chi connectivity index (χ2v) is 7.85. The van der Waals surface area contributed by atoms with Crippen LogP contribution in [0.2, 0.25) is 0 Å². The molecule has 0 amide bonds. The molecule has 0 radical (unpaired) electrons. The summed E-state index contributed by atoms with van der Waals surface area (Å²) in [6.07, 6.45) is 7.08. The maximum atomic E-state index is 9.72. The number of aliphatic hydroxyl groups is 1. The molecular weight excluding hydrogens is 440 g/mol. The molecule has 34 heavy (non-hydrogen) atoms. The molecule has 4 heterocycles. The number of hydrogen-bond donors (Lipinski definition) is 3. The molecule has 1 aliphatic heterocycles. The highest BCUT2D eigenvalue weighted by atomic mass is 16.5. The number of nitrogens with one attached hydrogen (secondary N) is 2. The van der Waals surface area contributed by atoms with E-state index in [-0.39, 0.29) is 12.6 Å². The number of benzene rings is 1. The summed E-state index contributed by atoms with van der Waals surface area (Å²) in [6.45, 7) is 0.854. The number of anilines is 3. The van der Waals surface area contributed by atoms with Crippen LogP contribution in [0.5, 0.6) is 17.2 Å². The number of ether oxygens (including phenoxy) is 3. The zero-order valence-corrected chi connectivity index (χ0v) is 19.1. The molecule has 1 unspecified atom stereocenters. The van der Waals surface area contributed by atoms with Gasteiger partial charge in [0.25, 0.3) is 0 Å². The van der Waals surface area contributed by atoms with Crippen molar-refractivity contribution in [1.82, 2.24) is 29.7 Å². The van der Waals surface area contributed by atoms with E-state index >= 15 is 0 Å². The fourth-order valence-electron chi connectivity index (χ4n) is 4.20. The van der Waals surface area contributed by atoms with Gasteiger partial charge in [-0.2, -0.15) is 15.1 Å². The summed E-state index contributed by atoms with van der Waals surface area (Å²) in [7, 11) is 4.72. The fraction of sp³-hybridized carbons (Fsp3) is 0.364. The number of methoxy groups -OCH3 is 3. The van der Waals surface area contributed by atoms with Gasteiger partial charge in [-0.1, -0.05) is 0 Å². The Morgan fingerprint density at radius 3 is 2.65 bits per heavy atom. The quantitative estimate of drug-likeness (QED) is 0.355. The van der Waals surface area contributed by atoms with Crippen LogP contribution in [0.4, 0.5) is 17.6 Å². The second-order valence-electron chi connectivity index (χ2n) is 7.85. The van der Waals surface area contributed by atoms with Gasteiger partial charge in [-0.25, -0.2) is 4.98 Å². The van der Waals surface area contributed by atoms with Crippen molar-refractivity contribution in [3.05, 3.63) is 30.9 Å². The molecule has 3 N–H and O–H groups in total. The minimum Gasteiger partial charge on any atom is -0.493 e. The Morgan fingerprint density at radius 1 is 1.15 bits per heavy atom. The number of hydrogen-bond acceptors (Lipinski definition) is 10. The van der Waals surface area contributed by atoms with Crippen molar-refractivity contribution in [1.29, 1.82) is 0 Å². The van der Waals surface area contributed by atoms with Crippen LogP contribution < -0.4 is 24.4 Å². The van der Waals surface area contributed by atoms with E-state index in [1.165, 1.54) is 0 Å². The first-order chi connectivity index (χ1) is 16.6. The number of rotatable bonds is 8. The number of imidazole rings is 1. The summed E-state index contributed by atoms with van der Waals surface area (Å²) >= 11 is 0. The van der Waals surface area contributed by atoms with E-state index in [1.54, 1.807) is 33.9 Å². The van der Waals surface area contributed by atoms with Crippen molar-refractivity contribution in [3.63, 3.8) is 0 Å². The van der Waals surface area contributed by atoms with Crippen LogP contribution in [-0.4, -0.2) is 75.3 Å². The Morgan fingerprint density at radius 2 is 1.94 bits per heavy atom. The van der Waals surface area contributed by atoms with Gasteiger partial charge < -0.3 is 34.1 Å². The Labute approximate surface area is 195 Å². The van der Waals surface area contributed by atoms with Gasteiger partial charge in [0, 0.05) is 18.7 Å². The molecule has 12 nitrogen and oxygen atoms in total. The minimum atomic E-state index is 0.00691. The van der Waals surface area contributed by atoms with Crippen LogP contribution in [0.15, 0.2) is 30.9 Å². The number of nitrogens with zero attached hydrogens (tertiary/aromatic N) is 6. The monoisotopic (exact) mass is 466 g/mol. The molecule has 3 aromatic heterocycles. The molecule has 1 aliphatic rings. The zero-order valence-electron chi connectivity index (χ0n) is 19.1. The van der Waals surface area contributed by atoms with Crippen LogP contribution in [0.3, 0.4) is 0 Å². The third kappa shape index (κ3) is 3.81. The van der Waals surface area contributed by atoms with Gasteiger partial charge in [0.15, 0.2) is 17.1 Å². The van der Waals surface area contributed by atoms with Crippen molar-refractivity contribution in [2.75, 3.05) is 44.7 Å². The molecule has 4 aromatic rings. The topological polar surface area (TPSA) is 135 Å². The van der Waals surface area contributed by atoms with Crippen molar-refractivity contribution in [2.24, 2.45) is 0 Å². The molecule has 178 valence electrons. The Balaban J connectivity index is 1.47. The highest BCUT2D eigenvalue weighted by Crippen LogP contribution is 2.39. The van der Waals surface area contributed by atoms with Crippen molar-refractivity contribution < 1.29 is 19.3 Å². The lowest BCUT2D eigenvalue weighted by Crippen LogP contribution is -2.33. The van der Waals surface area contributed by atoms with E-state index in [4.69, 9.17) is 19.2 Å². The van der Waals surface area contributed by atoms with E-state index in [9.17, 15) is 5.11 Å². The highest BCUT2D eigenvalue weighted by molar-refractivity contribution is 5.88. The number of H-pyrrole nitrogens is 1. The molecule has 1 atom stereocenters. The van der Waals surface area contributed by atoms with E-state index in [0.29, 0.717) is 40.5 Å². The van der Waals surface area contributed by atoms with Crippen molar-refractivity contribution in [3.8, 4) is 22.9 Å². The average molecular weight is 467 g/mol. The molecule has 5 rings (SSSR count). The third-order valence-corrected chi connectivity index (χ3v) is 5.92. The van der Waals surface area contributed by atoms with Crippen LogP contribution in [-0.2, 0) is 0 Å². The summed E-state index contributed by atoms with van der Waals surface area (Å²) < 4.78 is 18.2. The number of aromatic nitrogens is 6. The summed E-state index contributed by atoms with van der Waals surface area (Å²) in [5.74, 6) is 3.31. The van der Waals surface area contributed by atoms with Gasteiger partial charge in [-0.15, -0.1) is 0 Å². The lowest BCUT2D eigenvalue weighted by molar-refractivity contribution is 0.265. The maximum absolute atomic E-state index is 9.72. The normalized spacial score (nSPS) is 15.6. The van der Waals surface area contributed by atoms with E-state index < -0.39 is 0 Å². The van der Waals surface area contributed by atoms with Gasteiger partial charge >= 0.3 is 0 Å². The molecule has 1 fully saturated rings. The van der Waals surface area contributed by atoms with Gasteiger partial charge in [-0.3, -0.25) is 5.10 Å². The summed E-state index contributed by atoms with van der Waals surface area (Å²) in [4.78, 5) is 15.9. The minimum absolute atomic E-state index is 0.00691. The molecule has 0 saturated carbocycles. The number of aliphatic hydroxyl groups excluding tert-OH is 1. The summed E-state index contributed by atoms with van der Waals surface area (Å²) in [5.41, 5.74) is 1.40. The molecule has 1 aromatic carbocycles. The van der Waals surface area contributed by atoms with Crippen molar-refractivity contribution >= 4 is 28.6 Å². The van der Waals surface area contributed by atoms with E-state index in [2.05, 4.69) is 25.5 Å². The van der Waals surface area contributed by atoms with E-state index in [1.807, 2.05) is 27.8 Å². The fourth-order valence-corrected chi connectivity index (χ4v) is 4.20. The smallest absolute Gasteiger partial charge is 0.229 e. The predicted octanol–water partition coefficient (Wildman–Crippen LogP) is 2.27. The molecule has 0 bridgehead atoms. The SMILES string of the molecule is COc1cc(-n2cnc(Nc3nc(N4CCCC4CO)nc4[nH]ncc34)c2)cc(OC)c1OC. The Hall–Kier alpha value is -4.06.